The third kappa shape index (κ3) is 4.29. The van der Waals surface area contributed by atoms with Crippen LogP contribution in [0.25, 0.3) is 0 Å². The van der Waals surface area contributed by atoms with Crippen molar-refractivity contribution in [1.82, 2.24) is 10.2 Å². The third-order valence-corrected chi connectivity index (χ3v) is 5.50. The molecule has 8 heteroatoms. The number of aliphatic hydroxyl groups excluding tert-OH is 1. The number of carbonyl (C=O) groups is 1. The lowest BCUT2D eigenvalue weighted by molar-refractivity contribution is -0.274. The number of benzene rings is 1. The maximum absolute atomic E-state index is 12.6. The molecule has 1 unspecified atom stereocenters. The molecule has 0 aromatic heterocycles. The second kappa shape index (κ2) is 7.44. The number of rotatable bonds is 4. The van der Waals surface area contributed by atoms with E-state index in [-0.39, 0.29) is 36.0 Å². The molecule has 1 amide bonds. The van der Waals surface area contributed by atoms with Crippen LogP contribution in [-0.4, -0.2) is 55.1 Å². The van der Waals surface area contributed by atoms with Crippen LogP contribution >= 0.6 is 0 Å². The second-order valence-electron chi connectivity index (χ2n) is 7.13. The summed E-state index contributed by atoms with van der Waals surface area (Å²) in [6.45, 7) is 3.00. The third-order valence-electron chi connectivity index (χ3n) is 5.50. The van der Waals surface area contributed by atoms with E-state index < -0.39 is 6.36 Å². The maximum Gasteiger partial charge on any atom is 0.573 e. The first-order valence-corrected chi connectivity index (χ1v) is 8.75. The molecule has 0 aliphatic carbocycles. The molecule has 1 aromatic rings. The Hall–Kier alpha value is -1.80. The fraction of sp³-hybridized carbons (Fsp3) is 0.611. The standard InChI is InChI=1S/C18H23F3N2O3/c19-18(20,21)26-15-3-1-13(2-4-15)9-16(25)23-10-14(11-24)17(12-23)5-7-22-8-6-17/h1-4,14,22,24H,5-12H2. The summed E-state index contributed by atoms with van der Waals surface area (Å²) in [5.41, 5.74) is 0.608. The number of hydrogen-bond donors (Lipinski definition) is 2. The molecule has 144 valence electrons. The number of alkyl halides is 3. The summed E-state index contributed by atoms with van der Waals surface area (Å²) in [5.74, 6) is -0.289. The lowest BCUT2D eigenvalue weighted by Crippen LogP contribution is -2.43. The van der Waals surface area contributed by atoms with E-state index >= 15 is 0 Å². The summed E-state index contributed by atoms with van der Waals surface area (Å²) in [6, 6.07) is 5.37. The van der Waals surface area contributed by atoms with E-state index in [1.54, 1.807) is 4.90 Å². The molecular weight excluding hydrogens is 349 g/mol. The molecule has 0 saturated carbocycles. The van der Waals surface area contributed by atoms with Crippen molar-refractivity contribution in [1.29, 1.82) is 0 Å². The zero-order chi connectivity index (χ0) is 18.8. The van der Waals surface area contributed by atoms with Crippen LogP contribution < -0.4 is 10.1 Å². The van der Waals surface area contributed by atoms with Crippen LogP contribution in [0.3, 0.4) is 0 Å². The van der Waals surface area contributed by atoms with Gasteiger partial charge in [-0.25, -0.2) is 0 Å². The van der Waals surface area contributed by atoms with Gasteiger partial charge in [0, 0.05) is 25.6 Å². The Morgan fingerprint density at radius 1 is 1.27 bits per heavy atom. The van der Waals surface area contributed by atoms with Crippen molar-refractivity contribution in [3.05, 3.63) is 29.8 Å². The fourth-order valence-corrected chi connectivity index (χ4v) is 4.06. The number of hydrogen-bond acceptors (Lipinski definition) is 4. The van der Waals surface area contributed by atoms with Crippen LogP contribution in [-0.2, 0) is 11.2 Å². The minimum absolute atomic E-state index is 0.0277. The van der Waals surface area contributed by atoms with E-state index in [4.69, 9.17) is 0 Å². The average molecular weight is 372 g/mol. The molecule has 2 aliphatic rings. The highest BCUT2D eigenvalue weighted by molar-refractivity contribution is 5.79. The van der Waals surface area contributed by atoms with Crippen LogP contribution in [0.1, 0.15) is 18.4 Å². The van der Waals surface area contributed by atoms with Gasteiger partial charge in [-0.3, -0.25) is 4.79 Å². The smallest absolute Gasteiger partial charge is 0.406 e. The topological polar surface area (TPSA) is 61.8 Å². The molecule has 2 heterocycles. The first-order valence-electron chi connectivity index (χ1n) is 8.75. The number of amides is 1. The number of halogens is 3. The SMILES string of the molecule is O=C(Cc1ccc(OC(F)(F)F)cc1)N1CC(CO)C2(CCNCC2)C1. The molecule has 1 atom stereocenters. The molecule has 2 aliphatic heterocycles. The van der Waals surface area contributed by atoms with Gasteiger partial charge in [0.05, 0.1) is 6.42 Å². The van der Waals surface area contributed by atoms with Crippen molar-refractivity contribution in [2.24, 2.45) is 11.3 Å². The van der Waals surface area contributed by atoms with Crippen LogP contribution in [0.5, 0.6) is 5.75 Å². The van der Waals surface area contributed by atoms with Crippen molar-refractivity contribution in [3.63, 3.8) is 0 Å². The van der Waals surface area contributed by atoms with Crippen molar-refractivity contribution in [2.45, 2.75) is 25.6 Å². The van der Waals surface area contributed by atoms with Gasteiger partial charge in [0.25, 0.3) is 0 Å². The van der Waals surface area contributed by atoms with Crippen LogP contribution in [0.2, 0.25) is 0 Å². The first-order chi connectivity index (χ1) is 12.3. The molecule has 3 rings (SSSR count). The van der Waals surface area contributed by atoms with Crippen LogP contribution in [0, 0.1) is 11.3 Å². The van der Waals surface area contributed by atoms with Gasteiger partial charge in [-0.05, 0) is 49.0 Å². The molecule has 2 N–H and O–H groups in total. The minimum atomic E-state index is -4.73. The van der Waals surface area contributed by atoms with Crippen LogP contribution in [0.15, 0.2) is 24.3 Å². The molecule has 5 nitrogen and oxygen atoms in total. The maximum atomic E-state index is 12.6. The van der Waals surface area contributed by atoms with Gasteiger partial charge in [-0.15, -0.1) is 13.2 Å². The largest absolute Gasteiger partial charge is 0.573 e. The molecule has 0 bridgehead atoms. The molecule has 2 saturated heterocycles. The Kier molecular flexibility index (Phi) is 5.43. The van der Waals surface area contributed by atoms with Gasteiger partial charge in [0.15, 0.2) is 0 Å². The van der Waals surface area contributed by atoms with Crippen LogP contribution in [0.4, 0.5) is 13.2 Å². The summed E-state index contributed by atoms with van der Waals surface area (Å²) in [7, 11) is 0. The minimum Gasteiger partial charge on any atom is -0.406 e. The summed E-state index contributed by atoms with van der Waals surface area (Å²) in [5, 5.41) is 13.0. The lowest BCUT2D eigenvalue weighted by Gasteiger charge is -2.37. The molecule has 1 spiro atoms. The molecule has 0 radical (unpaired) electrons. The van der Waals surface area contributed by atoms with Crippen molar-refractivity contribution >= 4 is 5.91 Å². The highest BCUT2D eigenvalue weighted by Crippen LogP contribution is 2.43. The second-order valence-corrected chi connectivity index (χ2v) is 7.13. The van der Waals surface area contributed by atoms with Crippen molar-refractivity contribution in [3.8, 4) is 5.75 Å². The summed E-state index contributed by atoms with van der Waals surface area (Å²) in [4.78, 5) is 14.4. The van der Waals surface area contributed by atoms with Crippen molar-refractivity contribution < 1.29 is 27.8 Å². The Bertz CT molecular complexity index is 628. The number of nitrogens with zero attached hydrogens (tertiary/aromatic N) is 1. The lowest BCUT2D eigenvalue weighted by atomic mass is 9.71. The number of aliphatic hydroxyl groups is 1. The normalized spacial score (nSPS) is 22.6. The van der Waals surface area contributed by atoms with Gasteiger partial charge in [0.1, 0.15) is 5.75 Å². The van der Waals surface area contributed by atoms with E-state index in [0.29, 0.717) is 18.7 Å². The Balaban J connectivity index is 1.61. The quantitative estimate of drug-likeness (QED) is 0.848. The first kappa shape index (κ1) is 19.0. The predicted octanol–water partition coefficient (Wildman–Crippen LogP) is 1.95. The predicted molar refractivity (Wildman–Crippen MR) is 88.5 cm³/mol. The van der Waals surface area contributed by atoms with E-state index in [2.05, 4.69) is 10.1 Å². The average Bonchev–Trinajstić information content (AvgIpc) is 2.94. The highest BCUT2D eigenvalue weighted by Gasteiger charge is 2.47. The summed E-state index contributed by atoms with van der Waals surface area (Å²) >= 11 is 0. The van der Waals surface area contributed by atoms with Gasteiger partial charge in [-0.2, -0.15) is 0 Å². The Morgan fingerprint density at radius 3 is 2.50 bits per heavy atom. The van der Waals surface area contributed by atoms with E-state index in [1.807, 2.05) is 0 Å². The number of piperidine rings is 1. The van der Waals surface area contributed by atoms with Gasteiger partial charge in [0.2, 0.25) is 5.91 Å². The van der Waals surface area contributed by atoms with E-state index in [0.717, 1.165) is 25.9 Å². The summed E-state index contributed by atoms with van der Waals surface area (Å²) in [6.07, 6.45) is -2.73. The van der Waals surface area contributed by atoms with E-state index in [9.17, 15) is 23.1 Å². The summed E-state index contributed by atoms with van der Waals surface area (Å²) < 4.78 is 40.4. The monoisotopic (exact) mass is 372 g/mol. The fourth-order valence-electron chi connectivity index (χ4n) is 4.06. The molecule has 1 aromatic carbocycles. The number of ether oxygens (including phenoxy) is 1. The number of carbonyl (C=O) groups excluding carboxylic acids is 1. The van der Waals surface area contributed by atoms with Gasteiger partial charge in [-0.1, -0.05) is 12.1 Å². The molecule has 26 heavy (non-hydrogen) atoms. The zero-order valence-electron chi connectivity index (χ0n) is 14.4. The Labute approximate surface area is 150 Å². The van der Waals surface area contributed by atoms with E-state index in [1.165, 1.54) is 24.3 Å². The van der Waals surface area contributed by atoms with Gasteiger partial charge < -0.3 is 20.1 Å². The molecule has 2 fully saturated rings. The number of likely N-dealkylation sites (tertiary alicyclic amines) is 1. The van der Waals surface area contributed by atoms with Crippen molar-refractivity contribution in [2.75, 3.05) is 32.8 Å². The number of nitrogens with one attached hydrogen (secondary N) is 1. The Morgan fingerprint density at radius 2 is 1.92 bits per heavy atom. The molecular formula is C18H23F3N2O3. The van der Waals surface area contributed by atoms with Gasteiger partial charge >= 0.3 is 6.36 Å². The zero-order valence-corrected chi connectivity index (χ0v) is 14.4. The highest BCUT2D eigenvalue weighted by atomic mass is 19.4.